The summed E-state index contributed by atoms with van der Waals surface area (Å²) in [6.45, 7) is 2.61. The molecule has 2 aliphatic heterocycles. The van der Waals surface area contributed by atoms with Crippen molar-refractivity contribution in [3.8, 4) is 11.5 Å². The van der Waals surface area contributed by atoms with E-state index < -0.39 is 11.9 Å². The topological polar surface area (TPSA) is 85.1 Å². The van der Waals surface area contributed by atoms with Crippen LogP contribution in [0.5, 0.6) is 11.5 Å². The van der Waals surface area contributed by atoms with Gasteiger partial charge in [-0.05, 0) is 24.6 Å². The van der Waals surface area contributed by atoms with Crippen molar-refractivity contribution in [2.45, 2.75) is 13.0 Å². The van der Waals surface area contributed by atoms with Crippen LogP contribution in [-0.4, -0.2) is 41.9 Å². The summed E-state index contributed by atoms with van der Waals surface area (Å²) in [5.74, 6) is -0.473. The van der Waals surface area contributed by atoms with Crippen molar-refractivity contribution in [3.05, 3.63) is 35.5 Å². The highest BCUT2D eigenvalue weighted by atomic mass is 16.7. The molecule has 1 N–H and O–H groups in total. The van der Waals surface area contributed by atoms with E-state index in [1.165, 1.54) is 0 Å². The third-order valence-electron chi connectivity index (χ3n) is 3.45. The first kappa shape index (κ1) is 14.2. The number of rotatable bonds is 5. The molecule has 7 nitrogen and oxygen atoms in total. The number of hydrogen-bond donors (Lipinski definition) is 1. The number of ether oxygens (including phenoxy) is 3. The van der Waals surface area contributed by atoms with Crippen LogP contribution in [0.1, 0.15) is 18.5 Å². The Morgan fingerprint density at radius 1 is 1.41 bits per heavy atom. The van der Waals surface area contributed by atoms with Gasteiger partial charge in [-0.25, -0.2) is 9.59 Å². The van der Waals surface area contributed by atoms with E-state index in [9.17, 15) is 9.59 Å². The number of benzene rings is 1. The van der Waals surface area contributed by atoms with Crippen molar-refractivity contribution in [1.82, 2.24) is 4.90 Å². The molecule has 1 fully saturated rings. The van der Waals surface area contributed by atoms with E-state index in [4.69, 9.17) is 19.3 Å². The van der Waals surface area contributed by atoms with E-state index >= 15 is 0 Å². The lowest BCUT2D eigenvalue weighted by molar-refractivity contribution is -0.140. The molecule has 0 radical (unpaired) electrons. The molecular formula is C15H15NO6. The van der Waals surface area contributed by atoms with Crippen molar-refractivity contribution in [2.24, 2.45) is 0 Å². The molecule has 0 amide bonds. The molecule has 0 bridgehead atoms. The van der Waals surface area contributed by atoms with Gasteiger partial charge in [0, 0.05) is 6.54 Å². The smallest absolute Gasteiger partial charge is 0.354 e. The van der Waals surface area contributed by atoms with Gasteiger partial charge >= 0.3 is 11.9 Å². The highest BCUT2D eigenvalue weighted by Crippen LogP contribution is 2.43. The lowest BCUT2D eigenvalue weighted by Crippen LogP contribution is -2.16. The Hall–Kier alpha value is -2.70. The number of carbonyl (C=O) groups is 2. The molecular weight excluding hydrogens is 290 g/mol. The average Bonchev–Trinajstić information content (AvgIpc) is 3.13. The first-order chi connectivity index (χ1) is 10.6. The first-order valence-corrected chi connectivity index (χ1v) is 6.88. The van der Waals surface area contributed by atoms with E-state index in [0.717, 1.165) is 11.6 Å². The normalized spacial score (nSPS) is 19.0. The van der Waals surface area contributed by atoms with Gasteiger partial charge in [-0.2, -0.15) is 0 Å². The van der Waals surface area contributed by atoms with Crippen LogP contribution in [0.3, 0.4) is 0 Å². The molecule has 7 heteroatoms. The maximum Gasteiger partial charge on any atom is 0.354 e. The summed E-state index contributed by atoms with van der Waals surface area (Å²) in [5.41, 5.74) is 0.988. The monoisotopic (exact) mass is 305 g/mol. The summed E-state index contributed by atoms with van der Waals surface area (Å²) < 4.78 is 15.5. The second kappa shape index (κ2) is 5.59. The van der Waals surface area contributed by atoms with Gasteiger partial charge < -0.3 is 24.2 Å². The number of aliphatic carboxylic acids is 1. The van der Waals surface area contributed by atoms with Gasteiger partial charge in [0.15, 0.2) is 11.5 Å². The fraction of sp³-hybridized carbons (Fsp3) is 0.333. The maximum atomic E-state index is 11.9. The highest BCUT2D eigenvalue weighted by Gasteiger charge is 2.41. The van der Waals surface area contributed by atoms with Gasteiger partial charge in [-0.1, -0.05) is 6.07 Å². The molecule has 1 saturated heterocycles. The van der Waals surface area contributed by atoms with E-state index in [0.29, 0.717) is 18.0 Å². The molecule has 2 heterocycles. The van der Waals surface area contributed by atoms with Gasteiger partial charge in [-0.3, -0.25) is 0 Å². The van der Waals surface area contributed by atoms with Gasteiger partial charge in [0.2, 0.25) is 6.79 Å². The summed E-state index contributed by atoms with van der Waals surface area (Å²) in [4.78, 5) is 24.5. The minimum atomic E-state index is -1.18. The van der Waals surface area contributed by atoms with Crippen LogP contribution in [0, 0.1) is 0 Å². The molecule has 2 aliphatic rings. The van der Waals surface area contributed by atoms with Gasteiger partial charge in [-0.15, -0.1) is 0 Å². The standard InChI is InChI=1S/C15H15NO6/c1-2-20-15(19)10(6-14(17)18)16-7-11(16)9-3-4-12-13(5-9)22-8-21-12/h3-6,11H,2,7-8H2,1H3,(H,17,18). The Labute approximate surface area is 126 Å². The molecule has 1 unspecified atom stereocenters. The minimum absolute atomic E-state index is 0.0528. The lowest BCUT2D eigenvalue weighted by atomic mass is 10.1. The van der Waals surface area contributed by atoms with Crippen molar-refractivity contribution in [3.63, 3.8) is 0 Å². The summed E-state index contributed by atoms with van der Waals surface area (Å²) in [6.07, 6.45) is 0.880. The Kier molecular flexibility index (Phi) is 3.62. The average molecular weight is 305 g/mol. The van der Waals surface area contributed by atoms with Crippen LogP contribution in [0.4, 0.5) is 0 Å². The molecule has 0 aromatic heterocycles. The quantitative estimate of drug-likeness (QED) is 0.498. The Balaban J connectivity index is 1.79. The molecule has 0 saturated carbocycles. The lowest BCUT2D eigenvalue weighted by Gasteiger charge is -2.09. The number of fused-ring (bicyclic) bond motifs is 1. The Morgan fingerprint density at radius 2 is 2.18 bits per heavy atom. The SMILES string of the molecule is CCOC(=O)C(=CC(=O)O)N1CC1c1ccc2c(c1)OCO2. The molecule has 0 spiro atoms. The zero-order valence-corrected chi connectivity index (χ0v) is 11.9. The molecule has 3 rings (SSSR count). The minimum Gasteiger partial charge on any atom is -0.478 e. The fourth-order valence-electron chi connectivity index (χ4n) is 2.39. The zero-order chi connectivity index (χ0) is 15.7. The van der Waals surface area contributed by atoms with Crippen LogP contribution in [0.2, 0.25) is 0 Å². The van der Waals surface area contributed by atoms with Crippen molar-refractivity contribution in [2.75, 3.05) is 19.9 Å². The van der Waals surface area contributed by atoms with Crippen LogP contribution in [0.15, 0.2) is 30.0 Å². The number of esters is 1. The molecule has 1 aromatic carbocycles. The number of nitrogens with zero attached hydrogens (tertiary/aromatic N) is 1. The second-order valence-electron chi connectivity index (χ2n) is 4.87. The van der Waals surface area contributed by atoms with Gasteiger partial charge in [0.25, 0.3) is 0 Å². The van der Waals surface area contributed by atoms with Crippen LogP contribution >= 0.6 is 0 Å². The van der Waals surface area contributed by atoms with E-state index in [1.807, 2.05) is 12.1 Å². The number of carboxylic acids is 1. The zero-order valence-electron chi connectivity index (χ0n) is 11.9. The van der Waals surface area contributed by atoms with Gasteiger partial charge in [0.05, 0.1) is 18.7 Å². The van der Waals surface area contributed by atoms with E-state index in [1.54, 1.807) is 17.9 Å². The van der Waals surface area contributed by atoms with Crippen molar-refractivity contribution >= 4 is 11.9 Å². The number of carbonyl (C=O) groups excluding carboxylic acids is 1. The predicted molar refractivity (Wildman–Crippen MR) is 74.4 cm³/mol. The molecule has 1 aromatic rings. The van der Waals surface area contributed by atoms with Gasteiger partial charge in [0.1, 0.15) is 5.70 Å². The number of carboxylic acid groups (broad SMARTS) is 1. The molecule has 1 atom stereocenters. The fourth-order valence-corrected chi connectivity index (χ4v) is 2.39. The molecule has 116 valence electrons. The van der Waals surface area contributed by atoms with Crippen LogP contribution in [0.25, 0.3) is 0 Å². The largest absolute Gasteiger partial charge is 0.478 e. The van der Waals surface area contributed by atoms with E-state index in [-0.39, 0.29) is 25.1 Å². The number of hydrogen-bond acceptors (Lipinski definition) is 6. The second-order valence-corrected chi connectivity index (χ2v) is 4.87. The first-order valence-electron chi connectivity index (χ1n) is 6.88. The van der Waals surface area contributed by atoms with Crippen LogP contribution in [-0.2, 0) is 14.3 Å². The van der Waals surface area contributed by atoms with Crippen molar-refractivity contribution < 1.29 is 28.9 Å². The highest BCUT2D eigenvalue weighted by molar-refractivity contribution is 5.95. The Morgan fingerprint density at radius 3 is 2.91 bits per heavy atom. The maximum absolute atomic E-state index is 11.9. The van der Waals surface area contributed by atoms with E-state index in [2.05, 4.69) is 0 Å². The summed E-state index contributed by atoms with van der Waals surface area (Å²) in [7, 11) is 0. The third-order valence-corrected chi connectivity index (χ3v) is 3.45. The molecule has 0 aliphatic carbocycles. The third kappa shape index (κ3) is 2.69. The summed E-state index contributed by atoms with van der Waals surface area (Å²) in [6, 6.07) is 5.46. The van der Waals surface area contributed by atoms with Crippen LogP contribution < -0.4 is 9.47 Å². The summed E-state index contributed by atoms with van der Waals surface area (Å²) >= 11 is 0. The molecule has 22 heavy (non-hydrogen) atoms. The summed E-state index contributed by atoms with van der Waals surface area (Å²) in [5, 5.41) is 8.91. The predicted octanol–water partition coefficient (Wildman–Crippen LogP) is 1.30. The van der Waals surface area contributed by atoms with Crippen molar-refractivity contribution in [1.29, 1.82) is 0 Å². The Bertz CT molecular complexity index is 653.